The maximum atomic E-state index is 10.9. The van der Waals surface area contributed by atoms with E-state index in [2.05, 4.69) is 19.2 Å². The first-order valence-corrected chi connectivity index (χ1v) is 7.14. The van der Waals surface area contributed by atoms with Gasteiger partial charge in [0.1, 0.15) is 0 Å². The Morgan fingerprint density at radius 3 is 2.68 bits per heavy atom. The van der Waals surface area contributed by atoms with Crippen LogP contribution in [0.5, 0.6) is 0 Å². The van der Waals surface area contributed by atoms with E-state index in [0.29, 0.717) is 17.0 Å². The zero-order chi connectivity index (χ0) is 14.0. The third kappa shape index (κ3) is 3.41. The molecule has 3 unspecified atom stereocenters. The van der Waals surface area contributed by atoms with Crippen LogP contribution in [0.25, 0.3) is 0 Å². The summed E-state index contributed by atoms with van der Waals surface area (Å²) >= 11 is 6.14. The SMILES string of the molecule is CC1CCC(Nc2ccc(C(=O)O)cc2Cl)C(C)C1. The zero-order valence-electron chi connectivity index (χ0n) is 11.3. The van der Waals surface area contributed by atoms with Crippen LogP contribution >= 0.6 is 11.6 Å². The van der Waals surface area contributed by atoms with Crippen molar-refractivity contribution in [2.75, 3.05) is 5.32 Å². The fourth-order valence-corrected chi connectivity index (χ4v) is 3.08. The molecule has 1 aliphatic rings. The van der Waals surface area contributed by atoms with Gasteiger partial charge in [-0.25, -0.2) is 4.79 Å². The summed E-state index contributed by atoms with van der Waals surface area (Å²) in [6.07, 6.45) is 3.59. The number of rotatable bonds is 3. The zero-order valence-corrected chi connectivity index (χ0v) is 12.1. The van der Waals surface area contributed by atoms with Crippen LogP contribution in [0.15, 0.2) is 18.2 Å². The van der Waals surface area contributed by atoms with Crippen LogP contribution in [0.2, 0.25) is 5.02 Å². The van der Waals surface area contributed by atoms with Crippen molar-refractivity contribution in [2.24, 2.45) is 11.8 Å². The van der Waals surface area contributed by atoms with Gasteiger partial charge in [0, 0.05) is 6.04 Å². The summed E-state index contributed by atoms with van der Waals surface area (Å²) in [6, 6.07) is 5.27. The topological polar surface area (TPSA) is 49.3 Å². The molecule has 0 bridgehead atoms. The second-order valence-corrected chi connectivity index (χ2v) is 6.05. The molecule has 1 aromatic rings. The average molecular weight is 282 g/mol. The number of hydrogen-bond donors (Lipinski definition) is 2. The third-order valence-electron chi connectivity index (χ3n) is 3.99. The molecule has 0 aromatic heterocycles. The molecule has 0 spiro atoms. The molecule has 19 heavy (non-hydrogen) atoms. The highest BCUT2D eigenvalue weighted by Gasteiger charge is 2.25. The Morgan fingerprint density at radius 2 is 2.11 bits per heavy atom. The molecule has 104 valence electrons. The quantitative estimate of drug-likeness (QED) is 0.870. The minimum Gasteiger partial charge on any atom is -0.478 e. The van der Waals surface area contributed by atoms with Gasteiger partial charge in [0.2, 0.25) is 0 Å². The van der Waals surface area contributed by atoms with Crippen molar-refractivity contribution >= 4 is 23.3 Å². The molecule has 1 aromatic carbocycles. The van der Waals surface area contributed by atoms with Crippen LogP contribution in [0.1, 0.15) is 43.5 Å². The van der Waals surface area contributed by atoms with E-state index in [4.69, 9.17) is 16.7 Å². The van der Waals surface area contributed by atoms with Crippen molar-refractivity contribution in [1.29, 1.82) is 0 Å². The summed E-state index contributed by atoms with van der Waals surface area (Å²) in [5, 5.41) is 12.9. The molecule has 2 rings (SSSR count). The van der Waals surface area contributed by atoms with E-state index in [1.165, 1.54) is 18.9 Å². The summed E-state index contributed by atoms with van der Waals surface area (Å²) in [4.78, 5) is 10.9. The van der Waals surface area contributed by atoms with Gasteiger partial charge in [-0.15, -0.1) is 0 Å². The molecule has 0 saturated heterocycles. The molecule has 1 aliphatic carbocycles. The third-order valence-corrected chi connectivity index (χ3v) is 4.30. The van der Waals surface area contributed by atoms with Gasteiger partial charge >= 0.3 is 5.97 Å². The minimum absolute atomic E-state index is 0.223. The largest absolute Gasteiger partial charge is 0.478 e. The first-order chi connectivity index (χ1) is 8.97. The Labute approximate surface area is 119 Å². The van der Waals surface area contributed by atoms with Gasteiger partial charge < -0.3 is 10.4 Å². The number of halogens is 1. The predicted molar refractivity (Wildman–Crippen MR) is 78.0 cm³/mol. The van der Waals surface area contributed by atoms with Gasteiger partial charge in [0.15, 0.2) is 0 Å². The summed E-state index contributed by atoms with van der Waals surface area (Å²) in [5.41, 5.74) is 1.05. The lowest BCUT2D eigenvalue weighted by Crippen LogP contribution is -2.33. The fourth-order valence-electron chi connectivity index (χ4n) is 2.84. The van der Waals surface area contributed by atoms with Crippen molar-refractivity contribution in [3.8, 4) is 0 Å². The van der Waals surface area contributed by atoms with Crippen molar-refractivity contribution < 1.29 is 9.90 Å². The van der Waals surface area contributed by atoms with Crippen LogP contribution in [-0.4, -0.2) is 17.1 Å². The lowest BCUT2D eigenvalue weighted by Gasteiger charge is -2.34. The van der Waals surface area contributed by atoms with Crippen molar-refractivity contribution in [1.82, 2.24) is 0 Å². The van der Waals surface area contributed by atoms with E-state index >= 15 is 0 Å². The van der Waals surface area contributed by atoms with E-state index in [0.717, 1.165) is 18.0 Å². The number of anilines is 1. The van der Waals surface area contributed by atoms with Crippen LogP contribution < -0.4 is 5.32 Å². The van der Waals surface area contributed by atoms with E-state index in [9.17, 15) is 4.79 Å². The van der Waals surface area contributed by atoms with Crippen molar-refractivity contribution in [2.45, 2.75) is 39.2 Å². The second-order valence-electron chi connectivity index (χ2n) is 5.65. The van der Waals surface area contributed by atoms with Crippen LogP contribution in [-0.2, 0) is 0 Å². The Bertz CT molecular complexity index is 475. The predicted octanol–water partition coefficient (Wildman–Crippen LogP) is 4.27. The molecule has 3 nitrogen and oxygen atoms in total. The van der Waals surface area contributed by atoms with E-state index in [1.807, 2.05) is 0 Å². The number of aromatic carboxylic acids is 1. The maximum Gasteiger partial charge on any atom is 0.335 e. The Balaban J connectivity index is 2.09. The number of carboxylic acids is 1. The Hall–Kier alpha value is -1.22. The number of carbonyl (C=O) groups is 1. The molecule has 0 aliphatic heterocycles. The monoisotopic (exact) mass is 281 g/mol. The molecular weight excluding hydrogens is 262 g/mol. The van der Waals surface area contributed by atoms with Crippen molar-refractivity contribution in [3.63, 3.8) is 0 Å². The molecular formula is C15H20ClNO2. The first-order valence-electron chi connectivity index (χ1n) is 6.76. The molecule has 2 N–H and O–H groups in total. The number of carboxylic acid groups (broad SMARTS) is 1. The maximum absolute atomic E-state index is 10.9. The number of nitrogens with one attached hydrogen (secondary N) is 1. The smallest absolute Gasteiger partial charge is 0.335 e. The van der Waals surface area contributed by atoms with Gasteiger partial charge in [-0.2, -0.15) is 0 Å². The Kier molecular flexibility index (Phi) is 4.35. The van der Waals surface area contributed by atoms with Crippen LogP contribution in [0, 0.1) is 11.8 Å². The highest BCUT2D eigenvalue weighted by Crippen LogP contribution is 2.32. The van der Waals surface area contributed by atoms with Gasteiger partial charge in [0.25, 0.3) is 0 Å². The van der Waals surface area contributed by atoms with Crippen LogP contribution in [0.4, 0.5) is 5.69 Å². The fraction of sp³-hybridized carbons (Fsp3) is 0.533. The summed E-state index contributed by atoms with van der Waals surface area (Å²) in [5.74, 6) is 0.449. The molecule has 0 amide bonds. The normalized spacial score (nSPS) is 27.0. The highest BCUT2D eigenvalue weighted by atomic mass is 35.5. The van der Waals surface area contributed by atoms with Gasteiger partial charge in [-0.05, 0) is 49.3 Å². The summed E-state index contributed by atoms with van der Waals surface area (Å²) in [7, 11) is 0. The number of benzene rings is 1. The van der Waals surface area contributed by atoms with E-state index < -0.39 is 5.97 Å². The molecule has 0 heterocycles. The lowest BCUT2D eigenvalue weighted by atomic mass is 9.80. The highest BCUT2D eigenvalue weighted by molar-refractivity contribution is 6.33. The molecule has 1 saturated carbocycles. The summed E-state index contributed by atoms with van der Waals surface area (Å²) in [6.45, 7) is 4.55. The minimum atomic E-state index is -0.951. The number of hydrogen-bond acceptors (Lipinski definition) is 2. The lowest BCUT2D eigenvalue weighted by molar-refractivity contribution is 0.0697. The van der Waals surface area contributed by atoms with Gasteiger partial charge in [-0.1, -0.05) is 25.4 Å². The molecule has 1 fully saturated rings. The Morgan fingerprint density at radius 1 is 1.37 bits per heavy atom. The molecule has 3 atom stereocenters. The van der Waals surface area contributed by atoms with Gasteiger partial charge in [0.05, 0.1) is 16.3 Å². The average Bonchev–Trinajstić information content (AvgIpc) is 2.34. The van der Waals surface area contributed by atoms with Gasteiger partial charge in [-0.3, -0.25) is 0 Å². The van der Waals surface area contributed by atoms with Crippen molar-refractivity contribution in [3.05, 3.63) is 28.8 Å². The second kappa shape index (κ2) is 5.83. The standard InChI is InChI=1S/C15H20ClNO2/c1-9-3-5-13(10(2)7-9)17-14-6-4-11(15(18)19)8-12(14)16/h4,6,8-10,13,17H,3,5,7H2,1-2H3,(H,18,19). The molecule has 0 radical (unpaired) electrons. The van der Waals surface area contributed by atoms with E-state index in [1.54, 1.807) is 12.1 Å². The first kappa shape index (κ1) is 14.2. The molecule has 4 heteroatoms. The van der Waals surface area contributed by atoms with E-state index in [-0.39, 0.29) is 5.56 Å². The summed E-state index contributed by atoms with van der Waals surface area (Å²) < 4.78 is 0. The van der Waals surface area contributed by atoms with Crippen LogP contribution in [0.3, 0.4) is 0 Å².